The molecule has 1 aliphatic carbocycles. The lowest BCUT2D eigenvalue weighted by Crippen LogP contribution is -2.56. The Labute approximate surface area is 196 Å². The van der Waals surface area contributed by atoms with Crippen LogP contribution >= 0.6 is 11.3 Å². The number of anilines is 1. The molecule has 0 radical (unpaired) electrons. The van der Waals surface area contributed by atoms with Crippen molar-refractivity contribution in [2.24, 2.45) is 11.8 Å². The van der Waals surface area contributed by atoms with Gasteiger partial charge in [-0.05, 0) is 43.4 Å². The Bertz CT molecular complexity index is 1030. The molecule has 1 N–H and O–H groups in total. The van der Waals surface area contributed by atoms with Gasteiger partial charge in [0.05, 0.1) is 23.9 Å². The second kappa shape index (κ2) is 9.23. The van der Waals surface area contributed by atoms with Crippen LogP contribution in [-0.4, -0.2) is 70.9 Å². The zero-order valence-electron chi connectivity index (χ0n) is 18.6. The summed E-state index contributed by atoms with van der Waals surface area (Å²) < 4.78 is 6.17. The number of benzene rings is 1. The van der Waals surface area contributed by atoms with Crippen molar-refractivity contribution in [1.29, 1.82) is 0 Å². The average Bonchev–Trinajstić information content (AvgIpc) is 3.29. The Kier molecular flexibility index (Phi) is 6.16. The Hall–Kier alpha value is -2.78. The largest absolute Gasteiger partial charge is 0.371 e. The molecule has 9 heteroatoms. The lowest BCUT2D eigenvalue weighted by atomic mass is 10.0. The van der Waals surface area contributed by atoms with Crippen LogP contribution in [0.4, 0.5) is 5.69 Å². The molecule has 3 aliphatic rings. The number of carbonyl (C=O) groups is 3. The summed E-state index contributed by atoms with van der Waals surface area (Å²) >= 11 is 1.35. The molecule has 2 saturated heterocycles. The molecule has 5 rings (SSSR count). The summed E-state index contributed by atoms with van der Waals surface area (Å²) in [5, 5.41) is 2.93. The van der Waals surface area contributed by atoms with E-state index in [1.165, 1.54) is 11.3 Å². The third kappa shape index (κ3) is 4.94. The standard InChI is InChI=1S/C24H28N4O4S/c1-15-9-20(15)22(29)26-17-4-2-3-16(10-17)23(30)27-7-5-18(6-8-27)32-19-12-28(13-19)24(31)21-11-25-14-33-21/h2-4,10-11,14-15,18-20H,5-9,12-13H2,1H3,(H,26,29)/t15-,20-/m1/s1. The molecule has 2 aliphatic heterocycles. The molecule has 3 fully saturated rings. The molecule has 2 aromatic rings. The fourth-order valence-electron chi connectivity index (χ4n) is 4.47. The van der Waals surface area contributed by atoms with Gasteiger partial charge < -0.3 is 19.9 Å². The number of amides is 3. The van der Waals surface area contributed by atoms with Gasteiger partial charge in [-0.1, -0.05) is 13.0 Å². The molecule has 2 atom stereocenters. The second-order valence-electron chi connectivity index (χ2n) is 9.22. The highest BCUT2D eigenvalue weighted by Gasteiger charge is 2.39. The van der Waals surface area contributed by atoms with Gasteiger partial charge in [-0.3, -0.25) is 19.4 Å². The third-order valence-electron chi connectivity index (χ3n) is 6.72. The molecule has 1 saturated carbocycles. The van der Waals surface area contributed by atoms with E-state index in [1.54, 1.807) is 28.7 Å². The van der Waals surface area contributed by atoms with E-state index in [1.807, 2.05) is 17.0 Å². The Morgan fingerprint density at radius 2 is 1.85 bits per heavy atom. The van der Waals surface area contributed by atoms with Crippen LogP contribution in [0.3, 0.4) is 0 Å². The van der Waals surface area contributed by atoms with Gasteiger partial charge in [0.1, 0.15) is 4.88 Å². The van der Waals surface area contributed by atoms with Crippen LogP contribution in [-0.2, 0) is 9.53 Å². The lowest BCUT2D eigenvalue weighted by molar-refractivity contribution is -0.117. The van der Waals surface area contributed by atoms with Gasteiger partial charge in [0, 0.05) is 43.3 Å². The van der Waals surface area contributed by atoms with Crippen molar-refractivity contribution in [2.75, 3.05) is 31.5 Å². The first kappa shape index (κ1) is 22.0. The van der Waals surface area contributed by atoms with Crippen LogP contribution in [0.25, 0.3) is 0 Å². The number of nitrogens with one attached hydrogen (secondary N) is 1. The minimum atomic E-state index is -0.0192. The van der Waals surface area contributed by atoms with Crippen LogP contribution in [0.2, 0.25) is 0 Å². The summed E-state index contributed by atoms with van der Waals surface area (Å²) in [6.07, 6.45) is 4.25. The number of hydrogen-bond donors (Lipinski definition) is 1. The second-order valence-corrected chi connectivity index (χ2v) is 10.1. The smallest absolute Gasteiger partial charge is 0.265 e. The number of hydrogen-bond acceptors (Lipinski definition) is 6. The molecular formula is C24H28N4O4S. The minimum absolute atomic E-state index is 0.0165. The van der Waals surface area contributed by atoms with Gasteiger partial charge in [-0.25, -0.2) is 0 Å². The molecule has 0 unspecified atom stereocenters. The third-order valence-corrected chi connectivity index (χ3v) is 7.48. The number of rotatable bonds is 6. The fourth-order valence-corrected chi connectivity index (χ4v) is 5.06. The van der Waals surface area contributed by atoms with Gasteiger partial charge >= 0.3 is 0 Å². The molecule has 1 aromatic carbocycles. The number of ether oxygens (including phenoxy) is 1. The fraction of sp³-hybridized carbons (Fsp3) is 0.500. The average molecular weight is 469 g/mol. The summed E-state index contributed by atoms with van der Waals surface area (Å²) in [6, 6.07) is 7.19. The number of thiazole rings is 1. The van der Waals surface area contributed by atoms with E-state index >= 15 is 0 Å². The van der Waals surface area contributed by atoms with E-state index < -0.39 is 0 Å². The zero-order chi connectivity index (χ0) is 22.9. The van der Waals surface area contributed by atoms with Gasteiger partial charge in [0.25, 0.3) is 11.8 Å². The van der Waals surface area contributed by atoms with Crippen molar-refractivity contribution in [1.82, 2.24) is 14.8 Å². The van der Waals surface area contributed by atoms with Crippen LogP contribution in [0.15, 0.2) is 36.0 Å². The van der Waals surface area contributed by atoms with Crippen molar-refractivity contribution in [2.45, 2.75) is 38.4 Å². The van der Waals surface area contributed by atoms with E-state index in [-0.39, 0.29) is 35.8 Å². The van der Waals surface area contributed by atoms with E-state index in [2.05, 4.69) is 17.2 Å². The summed E-state index contributed by atoms with van der Waals surface area (Å²) in [6.45, 7) is 4.55. The number of likely N-dealkylation sites (tertiary alicyclic amines) is 2. The van der Waals surface area contributed by atoms with Crippen molar-refractivity contribution < 1.29 is 19.1 Å². The minimum Gasteiger partial charge on any atom is -0.371 e. The number of piperidine rings is 1. The maximum Gasteiger partial charge on any atom is 0.265 e. The van der Waals surface area contributed by atoms with Gasteiger partial charge in [-0.2, -0.15) is 0 Å². The monoisotopic (exact) mass is 468 g/mol. The summed E-state index contributed by atoms with van der Waals surface area (Å²) in [5.41, 5.74) is 2.93. The van der Waals surface area contributed by atoms with Crippen molar-refractivity contribution in [3.8, 4) is 0 Å². The molecule has 8 nitrogen and oxygen atoms in total. The van der Waals surface area contributed by atoms with Gasteiger partial charge in [-0.15, -0.1) is 11.3 Å². The van der Waals surface area contributed by atoms with Gasteiger partial charge in [0.15, 0.2) is 0 Å². The lowest BCUT2D eigenvalue weighted by Gasteiger charge is -2.42. The first-order valence-corrected chi connectivity index (χ1v) is 12.4. The van der Waals surface area contributed by atoms with E-state index in [0.29, 0.717) is 48.2 Å². The maximum absolute atomic E-state index is 13.0. The first-order valence-electron chi connectivity index (χ1n) is 11.5. The molecule has 3 amide bonds. The molecule has 3 heterocycles. The maximum atomic E-state index is 13.0. The molecule has 0 spiro atoms. The van der Waals surface area contributed by atoms with E-state index in [9.17, 15) is 14.4 Å². The van der Waals surface area contributed by atoms with Crippen LogP contribution in [0, 0.1) is 11.8 Å². The van der Waals surface area contributed by atoms with E-state index in [4.69, 9.17) is 4.74 Å². The Morgan fingerprint density at radius 1 is 1.09 bits per heavy atom. The van der Waals surface area contributed by atoms with Crippen LogP contribution in [0.1, 0.15) is 46.2 Å². The van der Waals surface area contributed by atoms with Crippen LogP contribution < -0.4 is 5.32 Å². The Balaban J connectivity index is 1.07. The van der Waals surface area contributed by atoms with E-state index in [0.717, 1.165) is 19.3 Å². The quantitative estimate of drug-likeness (QED) is 0.704. The summed E-state index contributed by atoms with van der Waals surface area (Å²) in [4.78, 5) is 45.7. The summed E-state index contributed by atoms with van der Waals surface area (Å²) in [5.74, 6) is 0.572. The summed E-state index contributed by atoms with van der Waals surface area (Å²) in [7, 11) is 0. The van der Waals surface area contributed by atoms with Crippen LogP contribution in [0.5, 0.6) is 0 Å². The predicted molar refractivity (Wildman–Crippen MR) is 124 cm³/mol. The predicted octanol–water partition coefficient (Wildman–Crippen LogP) is 2.88. The number of nitrogens with zero attached hydrogens (tertiary/aromatic N) is 3. The molecule has 1 aromatic heterocycles. The highest BCUT2D eigenvalue weighted by Crippen LogP contribution is 2.38. The Morgan fingerprint density at radius 3 is 2.52 bits per heavy atom. The first-order chi connectivity index (χ1) is 16.0. The number of carbonyl (C=O) groups excluding carboxylic acids is 3. The normalized spacial score (nSPS) is 23.2. The van der Waals surface area contributed by atoms with Crippen molar-refractivity contribution in [3.63, 3.8) is 0 Å². The molecular weight excluding hydrogens is 440 g/mol. The molecule has 174 valence electrons. The molecule has 0 bridgehead atoms. The highest BCUT2D eigenvalue weighted by atomic mass is 32.1. The molecule has 33 heavy (non-hydrogen) atoms. The topological polar surface area (TPSA) is 91.8 Å². The zero-order valence-corrected chi connectivity index (χ0v) is 19.4. The van der Waals surface area contributed by atoms with Crippen molar-refractivity contribution in [3.05, 3.63) is 46.4 Å². The number of aromatic nitrogens is 1. The van der Waals surface area contributed by atoms with Gasteiger partial charge in [0.2, 0.25) is 5.91 Å². The highest BCUT2D eigenvalue weighted by molar-refractivity contribution is 7.11. The van der Waals surface area contributed by atoms with Crippen molar-refractivity contribution >= 4 is 34.7 Å². The SMILES string of the molecule is C[C@@H]1C[C@H]1C(=O)Nc1cccc(C(=O)N2CCC(OC3CN(C(=O)c4cncs4)C3)CC2)c1.